The molecule has 0 saturated carbocycles. The van der Waals surface area contributed by atoms with Crippen molar-refractivity contribution in [3.63, 3.8) is 0 Å². The molecular formula is C24H14BrCl4N3O3S2. The van der Waals surface area contributed by atoms with Crippen LogP contribution in [-0.2, 0) is 11.4 Å². The molecule has 0 spiro atoms. The fourth-order valence-electron chi connectivity index (χ4n) is 3.07. The quantitative estimate of drug-likeness (QED) is 0.202. The third-order valence-corrected chi connectivity index (χ3v) is 8.08. The second-order valence-corrected chi connectivity index (χ2v) is 11.6. The molecule has 190 valence electrons. The average molecular weight is 678 g/mol. The Hall–Kier alpha value is -1.98. The Labute approximate surface area is 250 Å². The first kappa shape index (κ1) is 28.0. The van der Waals surface area contributed by atoms with Gasteiger partial charge >= 0.3 is 6.03 Å². The number of ether oxygens (including phenoxy) is 1. The largest absolute Gasteiger partial charge is 0.488 e. The highest BCUT2D eigenvalue weighted by Crippen LogP contribution is 2.34. The summed E-state index contributed by atoms with van der Waals surface area (Å²) in [6.45, 7) is 0.253. The molecule has 1 aliphatic heterocycles. The minimum atomic E-state index is -0.666. The molecular weight excluding hydrogens is 664 g/mol. The van der Waals surface area contributed by atoms with Gasteiger partial charge in [-0.2, -0.15) is 5.01 Å². The fourth-order valence-corrected chi connectivity index (χ4v) is 5.52. The highest BCUT2D eigenvalue weighted by molar-refractivity contribution is 9.10. The summed E-state index contributed by atoms with van der Waals surface area (Å²) in [6.07, 6.45) is 1.67. The van der Waals surface area contributed by atoms with E-state index in [2.05, 4.69) is 26.7 Å². The van der Waals surface area contributed by atoms with Crippen LogP contribution in [0.3, 0.4) is 0 Å². The number of hydrogen-bond donors (Lipinski definition) is 2. The molecule has 2 N–H and O–H groups in total. The van der Waals surface area contributed by atoms with Gasteiger partial charge in [0.05, 0.1) is 19.4 Å². The maximum absolute atomic E-state index is 12.9. The standard InChI is InChI=1S/C24H14BrCl4N3O3S2/c25-16-7-12(1-6-20(16)35-11-13-2-3-14(26)9-18(13)28)8-21-22(33)32(24(36)37-21)31-23(34)30-15-4-5-17(27)19(29)10-15/h1-10H,11H2,(H2,30,31,34)/b21-8+. The molecule has 1 heterocycles. The van der Waals surface area contributed by atoms with Crippen molar-refractivity contribution in [2.75, 3.05) is 5.32 Å². The van der Waals surface area contributed by atoms with Gasteiger partial charge in [0.1, 0.15) is 12.4 Å². The third kappa shape index (κ3) is 7.11. The Kier molecular flexibility index (Phi) is 9.29. The Morgan fingerprint density at radius 2 is 1.81 bits per heavy atom. The van der Waals surface area contributed by atoms with E-state index >= 15 is 0 Å². The van der Waals surface area contributed by atoms with Gasteiger partial charge in [-0.15, -0.1) is 0 Å². The topological polar surface area (TPSA) is 70.7 Å². The summed E-state index contributed by atoms with van der Waals surface area (Å²) in [5.74, 6) is 0.129. The monoisotopic (exact) mass is 675 g/mol. The number of hydrazine groups is 1. The number of nitrogens with zero attached hydrogens (tertiary/aromatic N) is 1. The highest BCUT2D eigenvalue weighted by atomic mass is 79.9. The lowest BCUT2D eigenvalue weighted by Gasteiger charge is -2.16. The minimum Gasteiger partial charge on any atom is -0.488 e. The first-order valence-electron chi connectivity index (χ1n) is 10.3. The lowest BCUT2D eigenvalue weighted by atomic mass is 10.2. The second-order valence-electron chi connectivity index (χ2n) is 7.43. The van der Waals surface area contributed by atoms with E-state index in [0.29, 0.717) is 35.9 Å². The molecule has 13 heteroatoms. The van der Waals surface area contributed by atoms with Crippen LogP contribution >= 0.6 is 86.3 Å². The summed E-state index contributed by atoms with van der Waals surface area (Å²) in [6, 6.07) is 14.5. The first-order chi connectivity index (χ1) is 17.6. The van der Waals surface area contributed by atoms with Crippen LogP contribution in [0.15, 0.2) is 64.0 Å². The highest BCUT2D eigenvalue weighted by Gasteiger charge is 2.33. The maximum Gasteiger partial charge on any atom is 0.338 e. The molecule has 0 aliphatic carbocycles. The Bertz CT molecular complexity index is 1450. The summed E-state index contributed by atoms with van der Waals surface area (Å²) in [5.41, 5.74) is 4.36. The van der Waals surface area contributed by atoms with E-state index in [1.165, 1.54) is 6.07 Å². The van der Waals surface area contributed by atoms with Crippen LogP contribution < -0.4 is 15.5 Å². The number of urea groups is 1. The minimum absolute atomic E-state index is 0.180. The van der Waals surface area contributed by atoms with Gasteiger partial charge in [0.2, 0.25) is 0 Å². The predicted molar refractivity (Wildman–Crippen MR) is 159 cm³/mol. The zero-order chi connectivity index (χ0) is 26.7. The molecule has 0 bridgehead atoms. The third-order valence-electron chi connectivity index (χ3n) is 4.84. The molecule has 3 aromatic rings. The van der Waals surface area contributed by atoms with Gasteiger partial charge in [-0.05, 0) is 82.3 Å². The van der Waals surface area contributed by atoms with Gasteiger partial charge in [-0.1, -0.05) is 70.3 Å². The number of halogens is 5. The lowest BCUT2D eigenvalue weighted by Crippen LogP contribution is -2.46. The number of nitrogens with one attached hydrogen (secondary N) is 2. The van der Waals surface area contributed by atoms with Crippen molar-refractivity contribution in [3.8, 4) is 5.75 Å². The average Bonchev–Trinajstić information content (AvgIpc) is 3.09. The van der Waals surface area contributed by atoms with Crippen LogP contribution in [0.5, 0.6) is 5.75 Å². The summed E-state index contributed by atoms with van der Waals surface area (Å²) in [7, 11) is 0. The molecule has 1 aliphatic rings. The zero-order valence-corrected chi connectivity index (χ0v) is 24.6. The number of benzene rings is 3. The Balaban J connectivity index is 1.40. The molecule has 0 aromatic heterocycles. The summed E-state index contributed by atoms with van der Waals surface area (Å²) in [4.78, 5) is 25.6. The van der Waals surface area contributed by atoms with E-state index in [4.69, 9.17) is 63.4 Å². The normalized spacial score (nSPS) is 14.3. The van der Waals surface area contributed by atoms with Crippen LogP contribution in [0.2, 0.25) is 20.1 Å². The molecule has 6 nitrogen and oxygen atoms in total. The van der Waals surface area contributed by atoms with E-state index in [1.54, 1.807) is 54.6 Å². The van der Waals surface area contributed by atoms with Crippen LogP contribution in [-0.4, -0.2) is 21.3 Å². The van der Waals surface area contributed by atoms with Crippen molar-refractivity contribution in [2.24, 2.45) is 0 Å². The molecule has 3 aromatic carbocycles. The van der Waals surface area contributed by atoms with Crippen LogP contribution in [0, 0.1) is 0 Å². The van der Waals surface area contributed by atoms with Crippen molar-refractivity contribution in [1.29, 1.82) is 0 Å². The van der Waals surface area contributed by atoms with Crippen LogP contribution in [0.1, 0.15) is 11.1 Å². The van der Waals surface area contributed by atoms with Crippen molar-refractivity contribution < 1.29 is 14.3 Å². The van der Waals surface area contributed by atoms with Gasteiger partial charge in [-0.25, -0.2) is 10.2 Å². The number of carbonyl (C=O) groups excluding carboxylic acids is 2. The molecule has 0 unspecified atom stereocenters. The predicted octanol–water partition coefficient (Wildman–Crippen LogP) is 8.58. The van der Waals surface area contributed by atoms with Crippen LogP contribution in [0.4, 0.5) is 10.5 Å². The van der Waals surface area contributed by atoms with Gasteiger partial charge in [0.15, 0.2) is 4.32 Å². The van der Waals surface area contributed by atoms with Gasteiger partial charge in [0.25, 0.3) is 5.91 Å². The van der Waals surface area contributed by atoms with E-state index < -0.39 is 11.9 Å². The maximum atomic E-state index is 12.9. The number of rotatable bonds is 6. The van der Waals surface area contributed by atoms with Crippen molar-refractivity contribution in [1.82, 2.24) is 10.4 Å². The van der Waals surface area contributed by atoms with Gasteiger partial charge < -0.3 is 10.1 Å². The first-order valence-corrected chi connectivity index (χ1v) is 13.8. The van der Waals surface area contributed by atoms with Crippen molar-refractivity contribution in [3.05, 3.63) is 95.2 Å². The van der Waals surface area contributed by atoms with E-state index in [-0.39, 0.29) is 16.0 Å². The number of hydrogen-bond acceptors (Lipinski definition) is 5. The number of amides is 3. The van der Waals surface area contributed by atoms with E-state index in [1.807, 2.05) is 0 Å². The van der Waals surface area contributed by atoms with E-state index in [0.717, 1.165) is 27.9 Å². The summed E-state index contributed by atoms with van der Waals surface area (Å²) in [5, 5.41) is 5.28. The SMILES string of the molecule is O=C(Nc1ccc(Cl)c(Cl)c1)NN1C(=O)/C(=C\c2ccc(OCc3ccc(Cl)cc3Cl)c(Br)c2)SC1=S. The molecule has 1 saturated heterocycles. The van der Waals surface area contributed by atoms with Gasteiger partial charge in [0, 0.05) is 21.3 Å². The smallest absolute Gasteiger partial charge is 0.338 e. The number of anilines is 1. The fraction of sp³-hybridized carbons (Fsp3) is 0.0417. The van der Waals surface area contributed by atoms with Crippen LogP contribution in [0.25, 0.3) is 6.08 Å². The second kappa shape index (κ2) is 12.3. The Morgan fingerprint density at radius 1 is 1.03 bits per heavy atom. The molecule has 0 atom stereocenters. The summed E-state index contributed by atoms with van der Waals surface area (Å²) >= 11 is 33.8. The molecule has 0 radical (unpaired) electrons. The molecule has 4 rings (SSSR count). The molecule has 37 heavy (non-hydrogen) atoms. The Morgan fingerprint density at radius 3 is 2.51 bits per heavy atom. The van der Waals surface area contributed by atoms with Crippen molar-refractivity contribution >= 4 is 114 Å². The lowest BCUT2D eigenvalue weighted by molar-refractivity contribution is -0.123. The number of thioether (sulfide) groups is 1. The van der Waals surface area contributed by atoms with E-state index in [9.17, 15) is 9.59 Å². The van der Waals surface area contributed by atoms with Gasteiger partial charge in [-0.3, -0.25) is 4.79 Å². The number of thiocarbonyl (C=S) groups is 1. The number of carbonyl (C=O) groups is 2. The molecule has 3 amide bonds. The zero-order valence-electron chi connectivity index (χ0n) is 18.4. The molecule has 1 fully saturated rings. The summed E-state index contributed by atoms with van der Waals surface area (Å²) < 4.78 is 6.73. The van der Waals surface area contributed by atoms with Crippen molar-refractivity contribution in [2.45, 2.75) is 6.61 Å².